The fourth-order valence-electron chi connectivity index (χ4n) is 0.799. The van der Waals surface area contributed by atoms with Crippen LogP contribution in [0.1, 0.15) is 19.8 Å². The lowest BCUT2D eigenvalue weighted by Gasteiger charge is -2.23. The Morgan fingerprint density at radius 1 is 1.50 bits per heavy atom. The highest BCUT2D eigenvalue weighted by atomic mass is 32.2. The average Bonchev–Trinajstić information content (AvgIpc) is 1.99. The molecule has 0 rings (SSSR count). The molecule has 12 heavy (non-hydrogen) atoms. The summed E-state index contributed by atoms with van der Waals surface area (Å²) in [5, 5.41) is 9.60. The van der Waals surface area contributed by atoms with Crippen molar-refractivity contribution in [3.63, 3.8) is 0 Å². The lowest BCUT2D eigenvalue weighted by atomic mass is 9.98. The summed E-state index contributed by atoms with van der Waals surface area (Å²) in [6, 6.07) is 0. The third kappa shape index (κ3) is 4.69. The van der Waals surface area contributed by atoms with Crippen molar-refractivity contribution >= 4 is 9.84 Å². The predicted octanol–water partition coefficient (Wildman–Crippen LogP) is -0.479. The highest BCUT2D eigenvalue weighted by Crippen LogP contribution is 2.13. The van der Waals surface area contributed by atoms with E-state index >= 15 is 0 Å². The zero-order valence-corrected chi connectivity index (χ0v) is 8.39. The summed E-state index contributed by atoms with van der Waals surface area (Å²) in [6.07, 6.45) is 1.86. The van der Waals surface area contributed by atoms with Crippen LogP contribution in [0.15, 0.2) is 0 Å². The van der Waals surface area contributed by atoms with Crippen molar-refractivity contribution in [3.8, 4) is 0 Å². The van der Waals surface area contributed by atoms with Crippen LogP contribution in [0.2, 0.25) is 0 Å². The van der Waals surface area contributed by atoms with Gasteiger partial charge in [0, 0.05) is 12.8 Å². The molecule has 0 aromatic heterocycles. The quantitative estimate of drug-likeness (QED) is 0.621. The van der Waals surface area contributed by atoms with Gasteiger partial charge in [-0.1, -0.05) is 6.92 Å². The molecule has 4 nitrogen and oxygen atoms in total. The van der Waals surface area contributed by atoms with E-state index in [-0.39, 0.29) is 18.7 Å². The maximum atomic E-state index is 10.8. The molecule has 0 amide bonds. The largest absolute Gasteiger partial charge is 0.389 e. The molecule has 74 valence electrons. The first kappa shape index (κ1) is 11.9. The fraction of sp³-hybridized carbons (Fsp3) is 1.00. The summed E-state index contributed by atoms with van der Waals surface area (Å²) in [5.41, 5.74) is 4.29. The Hall–Kier alpha value is -0.130. The van der Waals surface area contributed by atoms with Crippen LogP contribution in [-0.2, 0) is 9.84 Å². The molecule has 0 aromatic rings. The standard InChI is InChI=1S/C7H17NO3S/c1-3-7(9,6-8)4-5-12(2,10)11/h9H,3-6,8H2,1-2H3. The molecule has 0 radical (unpaired) electrons. The fourth-order valence-corrected chi connectivity index (χ4v) is 1.55. The topological polar surface area (TPSA) is 80.4 Å². The second kappa shape index (κ2) is 4.20. The van der Waals surface area contributed by atoms with Gasteiger partial charge in [0.1, 0.15) is 9.84 Å². The summed E-state index contributed by atoms with van der Waals surface area (Å²) < 4.78 is 21.5. The lowest BCUT2D eigenvalue weighted by Crippen LogP contribution is -2.38. The van der Waals surface area contributed by atoms with Crippen LogP contribution in [0.25, 0.3) is 0 Å². The second-order valence-electron chi connectivity index (χ2n) is 3.16. The number of sulfone groups is 1. The van der Waals surface area contributed by atoms with Gasteiger partial charge in [-0.15, -0.1) is 0 Å². The number of hydrogen-bond donors (Lipinski definition) is 2. The first-order valence-corrected chi connectivity index (χ1v) is 5.99. The zero-order chi connectivity index (χ0) is 9.83. The molecule has 3 N–H and O–H groups in total. The molecule has 0 saturated heterocycles. The molecule has 0 aliphatic rings. The zero-order valence-electron chi connectivity index (χ0n) is 7.58. The number of aliphatic hydroxyl groups is 1. The Morgan fingerprint density at radius 3 is 2.25 bits per heavy atom. The summed E-state index contributed by atoms with van der Waals surface area (Å²) in [5.74, 6) is -0.00542. The minimum atomic E-state index is -2.99. The van der Waals surface area contributed by atoms with Gasteiger partial charge in [-0.2, -0.15) is 0 Å². The van der Waals surface area contributed by atoms with Crippen LogP contribution >= 0.6 is 0 Å². The van der Waals surface area contributed by atoms with E-state index in [1.54, 1.807) is 6.92 Å². The monoisotopic (exact) mass is 195 g/mol. The second-order valence-corrected chi connectivity index (χ2v) is 5.42. The molecule has 0 aromatic carbocycles. The third-order valence-electron chi connectivity index (χ3n) is 1.98. The molecule has 0 aliphatic heterocycles. The molecule has 0 heterocycles. The van der Waals surface area contributed by atoms with Gasteiger partial charge < -0.3 is 10.8 Å². The molecule has 1 unspecified atom stereocenters. The Morgan fingerprint density at radius 2 is 2.00 bits per heavy atom. The van der Waals surface area contributed by atoms with Crippen LogP contribution < -0.4 is 5.73 Å². The van der Waals surface area contributed by atoms with Gasteiger partial charge in [-0.3, -0.25) is 0 Å². The number of nitrogens with two attached hydrogens (primary N) is 1. The van der Waals surface area contributed by atoms with Crippen molar-refractivity contribution in [2.75, 3.05) is 18.6 Å². The third-order valence-corrected chi connectivity index (χ3v) is 2.92. The predicted molar refractivity (Wildman–Crippen MR) is 48.6 cm³/mol. The van der Waals surface area contributed by atoms with Gasteiger partial charge in [0.2, 0.25) is 0 Å². The molecular weight excluding hydrogens is 178 g/mol. The van der Waals surface area contributed by atoms with Crippen molar-refractivity contribution in [1.29, 1.82) is 0 Å². The van der Waals surface area contributed by atoms with Crippen molar-refractivity contribution in [2.24, 2.45) is 5.73 Å². The lowest BCUT2D eigenvalue weighted by molar-refractivity contribution is 0.0421. The van der Waals surface area contributed by atoms with Crippen molar-refractivity contribution in [2.45, 2.75) is 25.4 Å². The van der Waals surface area contributed by atoms with Crippen molar-refractivity contribution in [1.82, 2.24) is 0 Å². The molecule has 0 saturated carbocycles. The highest BCUT2D eigenvalue weighted by Gasteiger charge is 2.23. The molecule has 0 aliphatic carbocycles. The minimum Gasteiger partial charge on any atom is -0.389 e. The molecule has 0 fully saturated rings. The van der Waals surface area contributed by atoms with E-state index in [0.717, 1.165) is 6.26 Å². The summed E-state index contributed by atoms with van der Waals surface area (Å²) in [7, 11) is -2.99. The van der Waals surface area contributed by atoms with Gasteiger partial charge in [-0.25, -0.2) is 8.42 Å². The average molecular weight is 195 g/mol. The molecular formula is C7H17NO3S. The van der Waals surface area contributed by atoms with E-state index in [1.165, 1.54) is 0 Å². The van der Waals surface area contributed by atoms with Crippen LogP contribution in [-0.4, -0.2) is 37.7 Å². The smallest absolute Gasteiger partial charge is 0.147 e. The van der Waals surface area contributed by atoms with Crippen LogP contribution in [0.5, 0.6) is 0 Å². The van der Waals surface area contributed by atoms with E-state index in [0.29, 0.717) is 6.42 Å². The van der Waals surface area contributed by atoms with E-state index in [2.05, 4.69) is 0 Å². The molecule has 5 heteroatoms. The van der Waals surface area contributed by atoms with Gasteiger partial charge >= 0.3 is 0 Å². The van der Waals surface area contributed by atoms with Crippen molar-refractivity contribution in [3.05, 3.63) is 0 Å². The SMILES string of the molecule is CCC(O)(CN)CCS(C)(=O)=O. The Labute approximate surface area is 73.7 Å². The van der Waals surface area contributed by atoms with E-state index in [9.17, 15) is 13.5 Å². The maximum Gasteiger partial charge on any atom is 0.147 e. The molecule has 0 bridgehead atoms. The van der Waals surface area contributed by atoms with Crippen LogP contribution in [0.4, 0.5) is 0 Å². The Bertz CT molecular complexity index is 219. The summed E-state index contributed by atoms with van der Waals surface area (Å²) >= 11 is 0. The maximum absolute atomic E-state index is 10.8. The van der Waals surface area contributed by atoms with Gasteiger partial charge in [0.05, 0.1) is 11.4 Å². The van der Waals surface area contributed by atoms with Gasteiger partial charge in [-0.05, 0) is 12.8 Å². The highest BCUT2D eigenvalue weighted by molar-refractivity contribution is 7.90. The number of hydrogen-bond acceptors (Lipinski definition) is 4. The summed E-state index contributed by atoms with van der Waals surface area (Å²) in [4.78, 5) is 0. The van der Waals surface area contributed by atoms with E-state index < -0.39 is 15.4 Å². The number of rotatable bonds is 5. The normalized spacial score (nSPS) is 17.3. The van der Waals surface area contributed by atoms with Gasteiger partial charge in [0.15, 0.2) is 0 Å². The van der Waals surface area contributed by atoms with Gasteiger partial charge in [0.25, 0.3) is 0 Å². The molecule has 1 atom stereocenters. The first-order valence-electron chi connectivity index (χ1n) is 3.93. The Kier molecular flexibility index (Phi) is 4.16. The van der Waals surface area contributed by atoms with Crippen LogP contribution in [0.3, 0.4) is 0 Å². The minimum absolute atomic E-state index is 0.00542. The van der Waals surface area contributed by atoms with Crippen LogP contribution in [0, 0.1) is 0 Å². The van der Waals surface area contributed by atoms with Crippen molar-refractivity contribution < 1.29 is 13.5 Å². The van der Waals surface area contributed by atoms with E-state index in [4.69, 9.17) is 5.73 Å². The summed E-state index contributed by atoms with van der Waals surface area (Å²) in [6.45, 7) is 1.90. The molecule has 0 spiro atoms. The van der Waals surface area contributed by atoms with E-state index in [1.807, 2.05) is 0 Å². The Balaban J connectivity index is 4.07. The first-order chi connectivity index (χ1) is 5.33.